The van der Waals surface area contributed by atoms with Crippen LogP contribution in [0.3, 0.4) is 0 Å². The summed E-state index contributed by atoms with van der Waals surface area (Å²) in [7, 11) is 0. The van der Waals surface area contributed by atoms with Gasteiger partial charge in [0, 0.05) is 24.7 Å². The molecule has 1 aromatic carbocycles. The fourth-order valence-corrected chi connectivity index (χ4v) is 4.39. The second-order valence-electron chi connectivity index (χ2n) is 7.09. The Morgan fingerprint density at radius 3 is 3.00 bits per heavy atom. The summed E-state index contributed by atoms with van der Waals surface area (Å²) in [5.41, 5.74) is 7.03. The summed E-state index contributed by atoms with van der Waals surface area (Å²) in [6, 6.07) is 9.84. The van der Waals surface area contributed by atoms with Crippen LogP contribution in [0.1, 0.15) is 24.8 Å². The predicted molar refractivity (Wildman–Crippen MR) is 91.0 cm³/mol. The zero-order chi connectivity index (χ0) is 16.7. The van der Waals surface area contributed by atoms with Gasteiger partial charge >= 0.3 is 0 Å². The Kier molecular flexibility index (Phi) is 3.52. The minimum atomic E-state index is -0.486. The molecule has 0 unspecified atom stereocenters. The van der Waals surface area contributed by atoms with Gasteiger partial charge in [0.2, 0.25) is 11.8 Å². The molecule has 24 heavy (non-hydrogen) atoms. The van der Waals surface area contributed by atoms with E-state index in [2.05, 4.69) is 4.98 Å². The van der Waals surface area contributed by atoms with Crippen molar-refractivity contribution in [1.29, 1.82) is 0 Å². The van der Waals surface area contributed by atoms with Crippen molar-refractivity contribution in [3.63, 3.8) is 0 Å². The molecule has 5 heteroatoms. The van der Waals surface area contributed by atoms with E-state index in [1.54, 1.807) is 6.20 Å². The Bertz CT molecular complexity index is 819. The molecule has 124 valence electrons. The van der Waals surface area contributed by atoms with E-state index in [-0.39, 0.29) is 17.7 Å². The third-order valence-corrected chi connectivity index (χ3v) is 5.74. The fraction of sp³-hybridized carbons (Fsp3) is 0.421. The number of fused-ring (bicyclic) bond motifs is 2. The van der Waals surface area contributed by atoms with Crippen molar-refractivity contribution >= 4 is 22.7 Å². The third kappa shape index (κ3) is 2.35. The Hall–Kier alpha value is -2.43. The highest BCUT2D eigenvalue weighted by atomic mass is 16.2. The minimum Gasteiger partial charge on any atom is -0.369 e. The van der Waals surface area contributed by atoms with Crippen LogP contribution in [0.25, 0.3) is 10.9 Å². The molecule has 2 aliphatic rings. The lowest BCUT2D eigenvalue weighted by Crippen LogP contribution is -2.41. The largest absolute Gasteiger partial charge is 0.369 e. The van der Waals surface area contributed by atoms with Gasteiger partial charge in [-0.2, -0.15) is 0 Å². The van der Waals surface area contributed by atoms with Gasteiger partial charge < -0.3 is 10.6 Å². The van der Waals surface area contributed by atoms with E-state index in [9.17, 15) is 9.59 Å². The van der Waals surface area contributed by atoms with Crippen molar-refractivity contribution in [3.8, 4) is 0 Å². The molecule has 0 spiro atoms. The number of primary amides is 1. The molecular weight excluding hydrogens is 302 g/mol. The summed E-state index contributed by atoms with van der Waals surface area (Å²) in [6.45, 7) is 1.14. The van der Waals surface area contributed by atoms with E-state index in [4.69, 9.17) is 5.73 Å². The lowest BCUT2D eigenvalue weighted by molar-refractivity contribution is -0.131. The molecule has 2 amide bonds. The monoisotopic (exact) mass is 323 g/mol. The van der Waals surface area contributed by atoms with Crippen LogP contribution in [0.2, 0.25) is 0 Å². The Labute approximate surface area is 140 Å². The first kappa shape index (κ1) is 15.1. The van der Waals surface area contributed by atoms with Gasteiger partial charge in [-0.1, -0.05) is 24.6 Å². The number of benzene rings is 1. The lowest BCUT2D eigenvalue weighted by atomic mass is 9.80. The van der Waals surface area contributed by atoms with Gasteiger partial charge in [0.1, 0.15) is 0 Å². The molecule has 2 heterocycles. The first-order valence-electron chi connectivity index (χ1n) is 8.50. The van der Waals surface area contributed by atoms with Crippen LogP contribution in [0.15, 0.2) is 36.5 Å². The quantitative estimate of drug-likeness (QED) is 0.937. The molecule has 1 saturated heterocycles. The van der Waals surface area contributed by atoms with Gasteiger partial charge in [0.15, 0.2) is 0 Å². The topological polar surface area (TPSA) is 76.3 Å². The van der Waals surface area contributed by atoms with Crippen LogP contribution in [-0.4, -0.2) is 34.8 Å². The van der Waals surface area contributed by atoms with Crippen molar-refractivity contribution in [2.45, 2.75) is 25.7 Å². The summed E-state index contributed by atoms with van der Waals surface area (Å²) in [4.78, 5) is 30.8. The smallest absolute Gasteiger partial charge is 0.227 e. The SMILES string of the molecule is NC(=O)[C@]12CCC[C@H]1CN(C(=O)Cc1ccc3cccnc3c1)C2. The lowest BCUT2D eigenvalue weighted by Gasteiger charge is -2.24. The van der Waals surface area contributed by atoms with Gasteiger partial charge in [-0.15, -0.1) is 0 Å². The zero-order valence-corrected chi connectivity index (χ0v) is 13.6. The minimum absolute atomic E-state index is 0.0697. The highest BCUT2D eigenvalue weighted by Gasteiger charge is 2.54. The van der Waals surface area contributed by atoms with Crippen molar-refractivity contribution < 1.29 is 9.59 Å². The number of nitrogens with zero attached hydrogens (tertiary/aromatic N) is 2. The number of rotatable bonds is 3. The van der Waals surface area contributed by atoms with Crippen LogP contribution in [0, 0.1) is 11.3 Å². The predicted octanol–water partition coefficient (Wildman–Crippen LogP) is 1.89. The molecule has 5 nitrogen and oxygen atoms in total. The molecule has 1 saturated carbocycles. The van der Waals surface area contributed by atoms with Gasteiger partial charge in [-0.3, -0.25) is 14.6 Å². The molecule has 2 atom stereocenters. The van der Waals surface area contributed by atoms with Gasteiger partial charge in [0.05, 0.1) is 17.4 Å². The number of pyridine rings is 1. The van der Waals surface area contributed by atoms with E-state index in [0.29, 0.717) is 19.5 Å². The van der Waals surface area contributed by atoms with Crippen molar-refractivity contribution in [1.82, 2.24) is 9.88 Å². The molecule has 2 aromatic rings. The van der Waals surface area contributed by atoms with E-state index >= 15 is 0 Å². The Morgan fingerprint density at radius 1 is 1.33 bits per heavy atom. The molecular formula is C19H21N3O2. The summed E-state index contributed by atoms with van der Waals surface area (Å²) in [6.07, 6.45) is 4.94. The molecule has 1 aromatic heterocycles. The van der Waals surface area contributed by atoms with Crippen LogP contribution >= 0.6 is 0 Å². The highest BCUT2D eigenvalue weighted by molar-refractivity contribution is 5.86. The maximum absolute atomic E-state index is 12.7. The second kappa shape index (κ2) is 5.58. The van der Waals surface area contributed by atoms with Crippen LogP contribution < -0.4 is 5.73 Å². The fourth-order valence-electron chi connectivity index (χ4n) is 4.39. The number of likely N-dealkylation sites (tertiary alicyclic amines) is 1. The van der Waals surface area contributed by atoms with E-state index < -0.39 is 5.41 Å². The maximum atomic E-state index is 12.7. The number of hydrogen-bond acceptors (Lipinski definition) is 3. The molecule has 0 radical (unpaired) electrons. The van der Waals surface area contributed by atoms with Crippen molar-refractivity contribution in [2.24, 2.45) is 17.1 Å². The number of hydrogen-bond donors (Lipinski definition) is 1. The zero-order valence-electron chi connectivity index (χ0n) is 13.6. The molecule has 2 N–H and O–H groups in total. The van der Waals surface area contributed by atoms with Gasteiger partial charge in [-0.05, 0) is 36.5 Å². The summed E-state index contributed by atoms with van der Waals surface area (Å²) in [5, 5.41) is 1.07. The molecule has 4 rings (SSSR count). The normalized spacial score (nSPS) is 25.8. The first-order chi connectivity index (χ1) is 11.6. The average Bonchev–Trinajstić information content (AvgIpc) is 3.13. The molecule has 1 aliphatic heterocycles. The van der Waals surface area contributed by atoms with Crippen LogP contribution in [0.5, 0.6) is 0 Å². The average molecular weight is 323 g/mol. The van der Waals surface area contributed by atoms with E-state index in [0.717, 1.165) is 35.7 Å². The maximum Gasteiger partial charge on any atom is 0.227 e. The van der Waals surface area contributed by atoms with Gasteiger partial charge in [0.25, 0.3) is 0 Å². The first-order valence-corrected chi connectivity index (χ1v) is 8.50. The number of carbonyl (C=O) groups excluding carboxylic acids is 2. The standard InChI is InChI=1S/C19H21N3O2/c20-18(24)19-7-1-4-15(19)11-22(12-19)17(23)10-13-5-6-14-3-2-8-21-16(14)9-13/h2-3,5-6,8-9,15H,1,4,7,10-12H2,(H2,20,24)/t15-,19-/m0/s1. The van der Waals surface area contributed by atoms with Gasteiger partial charge in [-0.25, -0.2) is 0 Å². The second-order valence-corrected chi connectivity index (χ2v) is 7.09. The molecule has 0 bridgehead atoms. The van der Waals surface area contributed by atoms with Crippen molar-refractivity contribution in [2.75, 3.05) is 13.1 Å². The van der Waals surface area contributed by atoms with E-state index in [1.807, 2.05) is 35.2 Å². The number of aromatic nitrogens is 1. The number of carbonyl (C=O) groups is 2. The number of nitrogens with two attached hydrogens (primary N) is 1. The Morgan fingerprint density at radius 2 is 2.21 bits per heavy atom. The summed E-state index contributed by atoms with van der Waals surface area (Å²) >= 11 is 0. The van der Waals surface area contributed by atoms with Crippen LogP contribution in [0.4, 0.5) is 0 Å². The molecule has 1 aliphatic carbocycles. The van der Waals surface area contributed by atoms with Crippen LogP contribution in [-0.2, 0) is 16.0 Å². The summed E-state index contributed by atoms with van der Waals surface area (Å²) in [5.74, 6) is 0.0627. The molecule has 2 fully saturated rings. The summed E-state index contributed by atoms with van der Waals surface area (Å²) < 4.78 is 0. The highest BCUT2D eigenvalue weighted by Crippen LogP contribution is 2.48. The van der Waals surface area contributed by atoms with Crippen molar-refractivity contribution in [3.05, 3.63) is 42.1 Å². The third-order valence-electron chi connectivity index (χ3n) is 5.74. The Balaban J connectivity index is 1.51. The number of amides is 2. The van der Waals surface area contributed by atoms with E-state index in [1.165, 1.54) is 0 Å².